The van der Waals surface area contributed by atoms with E-state index >= 15 is 0 Å². The molecule has 0 saturated carbocycles. The van der Waals surface area contributed by atoms with Gasteiger partial charge < -0.3 is 19.9 Å². The summed E-state index contributed by atoms with van der Waals surface area (Å²) in [6.45, 7) is 2.63. The first kappa shape index (κ1) is 23.9. The topological polar surface area (TPSA) is 90.4 Å². The summed E-state index contributed by atoms with van der Waals surface area (Å²) in [5.74, 6) is -3.03. The Kier molecular flexibility index (Phi) is 6.69. The summed E-state index contributed by atoms with van der Waals surface area (Å²) in [7, 11) is 0. The number of allylic oxidation sites excluding steroid dienone is 2. The average Bonchev–Trinajstić information content (AvgIpc) is 2.83. The number of alkyl halides is 2. The zero-order valence-corrected chi connectivity index (χ0v) is 18.4. The quantitative estimate of drug-likeness (QED) is 0.498. The van der Waals surface area contributed by atoms with E-state index in [1.54, 1.807) is 19.1 Å². The minimum atomic E-state index is -3.11. The van der Waals surface area contributed by atoms with Crippen LogP contribution in [0.2, 0.25) is 0 Å². The number of halogens is 3. The van der Waals surface area contributed by atoms with Crippen molar-refractivity contribution < 1.29 is 27.3 Å². The van der Waals surface area contributed by atoms with Crippen LogP contribution in [0.1, 0.15) is 19.8 Å². The van der Waals surface area contributed by atoms with Crippen molar-refractivity contribution in [1.29, 1.82) is 0 Å². The van der Waals surface area contributed by atoms with Gasteiger partial charge in [0.1, 0.15) is 35.8 Å². The maximum Gasteiger partial charge on any atom is 0.295 e. The van der Waals surface area contributed by atoms with Gasteiger partial charge in [-0.1, -0.05) is 0 Å². The van der Waals surface area contributed by atoms with E-state index < -0.39 is 28.5 Å². The molecule has 0 aliphatic carbocycles. The smallest absolute Gasteiger partial charge is 0.295 e. The van der Waals surface area contributed by atoms with Crippen molar-refractivity contribution in [3.05, 3.63) is 72.2 Å². The summed E-state index contributed by atoms with van der Waals surface area (Å²) in [5.41, 5.74) is 0. The normalized spacial score (nSPS) is 22.2. The maximum atomic E-state index is 13.4. The highest BCUT2D eigenvalue weighted by molar-refractivity contribution is 5.93. The Morgan fingerprint density at radius 2 is 2.00 bits per heavy atom. The van der Waals surface area contributed by atoms with E-state index in [-0.39, 0.29) is 11.8 Å². The average molecular weight is 475 g/mol. The van der Waals surface area contributed by atoms with Crippen LogP contribution in [-0.2, 0) is 4.79 Å². The van der Waals surface area contributed by atoms with Crippen LogP contribution in [0.5, 0.6) is 11.6 Å². The molecule has 1 N–H and O–H groups in total. The molecule has 1 amide bonds. The van der Waals surface area contributed by atoms with Crippen molar-refractivity contribution in [2.75, 3.05) is 18.4 Å². The number of likely N-dealkylation sites (tertiary alicyclic amines) is 1. The van der Waals surface area contributed by atoms with Gasteiger partial charge in [-0.05, 0) is 38.1 Å². The van der Waals surface area contributed by atoms with Crippen molar-refractivity contribution >= 4 is 11.7 Å². The molecule has 1 fully saturated rings. The van der Waals surface area contributed by atoms with Crippen LogP contribution in [-0.4, -0.2) is 56.5 Å². The second-order valence-electron chi connectivity index (χ2n) is 8.32. The zero-order chi connectivity index (χ0) is 24.3. The number of anilines is 1. The molecule has 2 atom stereocenters. The molecule has 34 heavy (non-hydrogen) atoms. The Morgan fingerprint density at radius 1 is 1.24 bits per heavy atom. The van der Waals surface area contributed by atoms with Gasteiger partial charge in [0.15, 0.2) is 0 Å². The lowest BCUT2D eigenvalue weighted by atomic mass is 10.0. The number of hydrogen-bond acceptors (Lipinski definition) is 6. The highest BCUT2D eigenvalue weighted by atomic mass is 19.3. The molecule has 0 spiro atoms. The van der Waals surface area contributed by atoms with Crippen LogP contribution in [0.15, 0.2) is 61.2 Å². The van der Waals surface area contributed by atoms with Crippen LogP contribution < -0.4 is 10.1 Å². The first-order chi connectivity index (χ1) is 16.1. The van der Waals surface area contributed by atoms with Crippen molar-refractivity contribution in [3.8, 4) is 11.6 Å². The number of amides is 1. The lowest BCUT2D eigenvalue weighted by Gasteiger charge is -2.48. The molecule has 2 aliphatic rings. The molecule has 180 valence electrons. The Hall–Kier alpha value is -3.28. The number of hydrogen-bond donors (Lipinski definition) is 1. The largest absolute Gasteiger partial charge is 0.622 e. The Bertz CT molecular complexity index is 1060. The summed E-state index contributed by atoms with van der Waals surface area (Å²) < 4.78 is 44.2. The van der Waals surface area contributed by atoms with Crippen molar-refractivity contribution in [2.45, 2.75) is 37.8 Å². The number of quaternary nitrogens is 1. The third-order valence-electron chi connectivity index (χ3n) is 5.90. The monoisotopic (exact) mass is 475 g/mol. The third-order valence-corrected chi connectivity index (χ3v) is 5.90. The number of carbonyl (C=O) groups is 1. The molecule has 4 rings (SSSR count). The Balaban J connectivity index is 1.34. The summed E-state index contributed by atoms with van der Waals surface area (Å²) >= 11 is 0. The minimum Gasteiger partial charge on any atom is -0.622 e. The van der Waals surface area contributed by atoms with Crippen molar-refractivity contribution in [1.82, 2.24) is 14.9 Å². The molecule has 2 aliphatic heterocycles. The number of nitrogens with zero attached hydrogens (tertiary/aromatic N) is 4. The lowest BCUT2D eigenvalue weighted by Crippen LogP contribution is -2.56. The van der Waals surface area contributed by atoms with Gasteiger partial charge in [-0.3, -0.25) is 9.69 Å². The van der Waals surface area contributed by atoms with Crippen LogP contribution in [0.3, 0.4) is 0 Å². The maximum absolute atomic E-state index is 13.4. The van der Waals surface area contributed by atoms with Gasteiger partial charge in [0.2, 0.25) is 11.8 Å². The van der Waals surface area contributed by atoms with Gasteiger partial charge >= 0.3 is 0 Å². The van der Waals surface area contributed by atoms with Gasteiger partial charge in [0, 0.05) is 24.6 Å². The number of rotatable bonds is 6. The third kappa shape index (κ3) is 5.61. The highest BCUT2D eigenvalue weighted by Gasteiger charge is 2.38. The second kappa shape index (κ2) is 9.53. The molecule has 1 unspecified atom stereocenters. The minimum absolute atomic E-state index is 0.203. The summed E-state index contributed by atoms with van der Waals surface area (Å²) in [6.07, 6.45) is 6.89. The van der Waals surface area contributed by atoms with E-state index in [1.807, 2.05) is 4.90 Å². The molecule has 2 aromatic rings. The fourth-order valence-corrected chi connectivity index (χ4v) is 3.90. The van der Waals surface area contributed by atoms with Gasteiger partial charge in [0.05, 0.1) is 25.0 Å². The van der Waals surface area contributed by atoms with E-state index in [0.717, 1.165) is 18.6 Å². The SMILES string of the molecule is C[C@@H](C(=O)Nc1ccc(Oc2ccc(F)cn2)cn1)N1CCCC([N+]2([O-])C=CC(F)(F)C=C2)C1. The standard InChI is InChI=1S/C23H24F3N5O3/c1-16(30-10-2-3-18(15-30)31(33)11-8-23(25,26)9-12-31)22(32)29-20-6-5-19(14-27-20)34-21-7-4-17(24)13-28-21/h4-9,11-14,16,18H,2-3,10,15H2,1H3,(H,27,29,32)/t16-,18?/m0/s1. The van der Waals surface area contributed by atoms with Crippen LogP contribution in [0, 0.1) is 11.0 Å². The number of carbonyl (C=O) groups excluding carboxylic acids is 1. The van der Waals surface area contributed by atoms with Gasteiger partial charge in [0.25, 0.3) is 5.92 Å². The van der Waals surface area contributed by atoms with Gasteiger partial charge in [-0.2, -0.15) is 8.78 Å². The van der Waals surface area contributed by atoms with Crippen LogP contribution in [0.25, 0.3) is 0 Å². The molecule has 8 nitrogen and oxygen atoms in total. The molecule has 2 aromatic heterocycles. The zero-order valence-electron chi connectivity index (χ0n) is 18.4. The Labute approximate surface area is 194 Å². The Morgan fingerprint density at radius 3 is 2.65 bits per heavy atom. The number of ether oxygens (including phenoxy) is 1. The molecule has 1 saturated heterocycles. The number of aromatic nitrogens is 2. The highest BCUT2D eigenvalue weighted by Crippen LogP contribution is 2.31. The summed E-state index contributed by atoms with van der Waals surface area (Å²) in [5, 5.41) is 15.8. The van der Waals surface area contributed by atoms with Gasteiger partial charge in [-0.25, -0.2) is 14.4 Å². The number of piperidine rings is 1. The molecule has 4 heterocycles. The lowest BCUT2D eigenvalue weighted by molar-refractivity contribution is -0.806. The molecular formula is C23H24F3N5O3. The van der Waals surface area contributed by atoms with E-state index in [9.17, 15) is 23.2 Å². The van der Waals surface area contributed by atoms with Crippen LogP contribution >= 0.6 is 0 Å². The van der Waals surface area contributed by atoms with E-state index in [1.165, 1.54) is 18.3 Å². The fraction of sp³-hybridized carbons (Fsp3) is 0.348. The predicted octanol–water partition coefficient (Wildman–Crippen LogP) is 4.19. The summed E-state index contributed by atoms with van der Waals surface area (Å²) in [6, 6.07) is 4.71. The van der Waals surface area contributed by atoms with E-state index in [2.05, 4.69) is 15.3 Å². The molecule has 11 heteroatoms. The molecular weight excluding hydrogens is 451 g/mol. The first-order valence-electron chi connectivity index (χ1n) is 10.8. The number of nitrogens with one attached hydrogen (secondary N) is 1. The predicted molar refractivity (Wildman–Crippen MR) is 118 cm³/mol. The molecule has 0 aromatic carbocycles. The first-order valence-corrected chi connectivity index (χ1v) is 10.8. The van der Waals surface area contributed by atoms with Crippen molar-refractivity contribution in [3.63, 3.8) is 0 Å². The van der Waals surface area contributed by atoms with E-state index in [0.29, 0.717) is 49.7 Å². The summed E-state index contributed by atoms with van der Waals surface area (Å²) in [4.78, 5) is 22.6. The van der Waals surface area contributed by atoms with E-state index in [4.69, 9.17) is 4.74 Å². The van der Waals surface area contributed by atoms with Crippen molar-refractivity contribution in [2.24, 2.45) is 0 Å². The number of hydroxylamine groups is 3. The molecule has 0 bridgehead atoms. The number of pyridine rings is 2. The van der Waals surface area contributed by atoms with Crippen LogP contribution in [0.4, 0.5) is 19.0 Å². The van der Waals surface area contributed by atoms with Gasteiger partial charge in [-0.15, -0.1) is 0 Å². The fourth-order valence-electron chi connectivity index (χ4n) is 3.90. The molecule has 0 radical (unpaired) electrons. The second-order valence-corrected chi connectivity index (χ2v) is 8.32.